The van der Waals surface area contributed by atoms with Crippen LogP contribution in [0.1, 0.15) is 31.0 Å². The summed E-state index contributed by atoms with van der Waals surface area (Å²) in [7, 11) is 0. The van der Waals surface area contributed by atoms with E-state index in [1.165, 1.54) is 0 Å². The minimum absolute atomic E-state index is 0.0350. The average molecular weight is 374 g/mol. The van der Waals surface area contributed by atoms with Crippen molar-refractivity contribution in [1.82, 2.24) is 4.98 Å². The Hall–Kier alpha value is -3.14. The standard InChI is InChI=1S/C24H26N2O2/c1-3-4-15-28-23-11-5-19(6-12-23)17-24(27)26-22-9-7-20(8-10-22)21-13-14-25-18(2)16-21/h5-14,16H,3-4,15,17H2,1-2H3,(H,26,27). The van der Waals surface area contributed by atoms with Gasteiger partial charge in [0, 0.05) is 17.6 Å². The van der Waals surface area contributed by atoms with E-state index in [0.717, 1.165) is 53.3 Å². The van der Waals surface area contributed by atoms with Gasteiger partial charge in [-0.15, -0.1) is 0 Å². The molecule has 1 aromatic heterocycles. The molecule has 0 aliphatic carbocycles. The Balaban J connectivity index is 1.54. The van der Waals surface area contributed by atoms with Crippen LogP contribution in [0, 0.1) is 6.92 Å². The van der Waals surface area contributed by atoms with Gasteiger partial charge in [-0.05, 0) is 66.4 Å². The lowest BCUT2D eigenvalue weighted by Gasteiger charge is -2.08. The lowest BCUT2D eigenvalue weighted by atomic mass is 10.1. The molecule has 3 rings (SSSR count). The van der Waals surface area contributed by atoms with Gasteiger partial charge < -0.3 is 10.1 Å². The summed E-state index contributed by atoms with van der Waals surface area (Å²) in [5, 5.41) is 2.95. The van der Waals surface area contributed by atoms with Gasteiger partial charge in [0.2, 0.25) is 5.91 Å². The predicted octanol–water partition coefficient (Wildman–Crippen LogP) is 5.42. The molecule has 0 saturated heterocycles. The van der Waals surface area contributed by atoms with Gasteiger partial charge in [-0.1, -0.05) is 37.6 Å². The number of hydrogen-bond acceptors (Lipinski definition) is 3. The first-order valence-electron chi connectivity index (χ1n) is 9.69. The second kappa shape index (κ2) is 9.70. The van der Waals surface area contributed by atoms with E-state index in [9.17, 15) is 4.79 Å². The second-order valence-electron chi connectivity index (χ2n) is 6.83. The number of unbranched alkanes of at least 4 members (excludes halogenated alkanes) is 1. The van der Waals surface area contributed by atoms with Gasteiger partial charge in [0.25, 0.3) is 0 Å². The highest BCUT2D eigenvalue weighted by Crippen LogP contribution is 2.22. The third-order valence-corrected chi connectivity index (χ3v) is 4.45. The van der Waals surface area contributed by atoms with E-state index < -0.39 is 0 Å². The lowest BCUT2D eigenvalue weighted by molar-refractivity contribution is -0.115. The highest BCUT2D eigenvalue weighted by Gasteiger charge is 2.06. The van der Waals surface area contributed by atoms with Gasteiger partial charge in [-0.3, -0.25) is 9.78 Å². The van der Waals surface area contributed by atoms with E-state index in [1.54, 1.807) is 6.20 Å². The summed E-state index contributed by atoms with van der Waals surface area (Å²) in [6.45, 7) is 4.84. The molecule has 0 unspecified atom stereocenters. The van der Waals surface area contributed by atoms with Crippen molar-refractivity contribution in [2.75, 3.05) is 11.9 Å². The van der Waals surface area contributed by atoms with Crippen molar-refractivity contribution in [3.05, 3.63) is 78.1 Å². The first-order chi connectivity index (χ1) is 13.6. The fourth-order valence-corrected chi connectivity index (χ4v) is 2.90. The van der Waals surface area contributed by atoms with Crippen LogP contribution in [-0.4, -0.2) is 17.5 Å². The molecule has 3 aromatic rings. The topological polar surface area (TPSA) is 51.2 Å². The Bertz CT molecular complexity index is 903. The van der Waals surface area contributed by atoms with Crippen molar-refractivity contribution < 1.29 is 9.53 Å². The van der Waals surface area contributed by atoms with Crippen LogP contribution >= 0.6 is 0 Å². The van der Waals surface area contributed by atoms with Gasteiger partial charge in [0.15, 0.2) is 0 Å². The number of rotatable bonds is 8. The number of pyridine rings is 1. The number of nitrogens with one attached hydrogen (secondary N) is 1. The number of benzene rings is 2. The maximum Gasteiger partial charge on any atom is 0.228 e. The Morgan fingerprint density at radius 2 is 1.75 bits per heavy atom. The first-order valence-corrected chi connectivity index (χ1v) is 9.69. The summed E-state index contributed by atoms with van der Waals surface area (Å²) >= 11 is 0. The SMILES string of the molecule is CCCCOc1ccc(CC(=O)Nc2ccc(-c3ccnc(C)c3)cc2)cc1. The molecule has 0 spiro atoms. The van der Waals surface area contributed by atoms with E-state index in [4.69, 9.17) is 4.74 Å². The molecule has 0 aliphatic heterocycles. The zero-order valence-electron chi connectivity index (χ0n) is 16.4. The fourth-order valence-electron chi connectivity index (χ4n) is 2.90. The number of nitrogens with zero attached hydrogens (tertiary/aromatic N) is 1. The van der Waals surface area contributed by atoms with Gasteiger partial charge in [-0.25, -0.2) is 0 Å². The molecule has 1 heterocycles. The Kier molecular flexibility index (Phi) is 6.79. The van der Waals surface area contributed by atoms with Gasteiger partial charge in [-0.2, -0.15) is 0 Å². The summed E-state index contributed by atoms with van der Waals surface area (Å²) in [5.74, 6) is 0.812. The lowest BCUT2D eigenvalue weighted by Crippen LogP contribution is -2.14. The molecule has 1 amide bonds. The molecule has 1 N–H and O–H groups in total. The summed E-state index contributed by atoms with van der Waals surface area (Å²) < 4.78 is 5.65. The van der Waals surface area contributed by atoms with E-state index in [-0.39, 0.29) is 5.91 Å². The van der Waals surface area contributed by atoms with Crippen molar-refractivity contribution in [3.63, 3.8) is 0 Å². The minimum atomic E-state index is -0.0350. The molecule has 4 heteroatoms. The molecule has 0 atom stereocenters. The molecule has 2 aromatic carbocycles. The summed E-state index contributed by atoms with van der Waals surface area (Å²) in [5.41, 5.74) is 4.95. The number of aryl methyl sites for hydroxylation is 1. The first kappa shape index (κ1) is 19.6. The summed E-state index contributed by atoms with van der Waals surface area (Å²) in [4.78, 5) is 16.5. The number of carbonyl (C=O) groups excluding carboxylic acids is 1. The largest absolute Gasteiger partial charge is 0.494 e. The Labute approximate surface area is 166 Å². The zero-order valence-corrected chi connectivity index (χ0v) is 16.4. The number of aromatic nitrogens is 1. The minimum Gasteiger partial charge on any atom is -0.494 e. The Morgan fingerprint density at radius 1 is 1.00 bits per heavy atom. The van der Waals surface area contributed by atoms with E-state index in [2.05, 4.69) is 17.2 Å². The number of hydrogen-bond donors (Lipinski definition) is 1. The fraction of sp³-hybridized carbons (Fsp3) is 0.250. The molecule has 0 aliphatic rings. The Morgan fingerprint density at radius 3 is 2.43 bits per heavy atom. The molecule has 0 radical (unpaired) electrons. The van der Waals surface area contributed by atoms with Crippen LogP contribution in [0.2, 0.25) is 0 Å². The van der Waals surface area contributed by atoms with Crippen LogP contribution in [0.5, 0.6) is 5.75 Å². The maximum absolute atomic E-state index is 12.3. The van der Waals surface area contributed by atoms with Crippen LogP contribution < -0.4 is 10.1 Å². The summed E-state index contributed by atoms with van der Waals surface area (Å²) in [6.07, 6.45) is 4.30. The number of carbonyl (C=O) groups is 1. The third kappa shape index (κ3) is 5.68. The molecular weight excluding hydrogens is 348 g/mol. The maximum atomic E-state index is 12.3. The summed E-state index contributed by atoms with van der Waals surface area (Å²) in [6, 6.07) is 19.6. The zero-order chi connectivity index (χ0) is 19.8. The van der Waals surface area contributed by atoms with Crippen LogP contribution in [0.15, 0.2) is 66.9 Å². The van der Waals surface area contributed by atoms with E-state index in [1.807, 2.05) is 67.6 Å². The predicted molar refractivity (Wildman–Crippen MR) is 114 cm³/mol. The average Bonchev–Trinajstić information content (AvgIpc) is 2.70. The van der Waals surface area contributed by atoms with Crippen LogP contribution in [0.3, 0.4) is 0 Å². The number of anilines is 1. The van der Waals surface area contributed by atoms with Crippen molar-refractivity contribution >= 4 is 11.6 Å². The quantitative estimate of drug-likeness (QED) is 0.536. The number of amides is 1. The molecule has 4 nitrogen and oxygen atoms in total. The second-order valence-corrected chi connectivity index (χ2v) is 6.83. The normalized spacial score (nSPS) is 10.5. The molecular formula is C24H26N2O2. The van der Waals surface area contributed by atoms with Crippen LogP contribution in [0.25, 0.3) is 11.1 Å². The molecule has 0 fully saturated rings. The highest BCUT2D eigenvalue weighted by molar-refractivity contribution is 5.92. The van der Waals surface area contributed by atoms with Crippen LogP contribution in [0.4, 0.5) is 5.69 Å². The van der Waals surface area contributed by atoms with Gasteiger partial charge in [0.1, 0.15) is 5.75 Å². The smallest absolute Gasteiger partial charge is 0.228 e. The molecule has 0 saturated carbocycles. The van der Waals surface area contributed by atoms with Crippen molar-refractivity contribution in [1.29, 1.82) is 0 Å². The van der Waals surface area contributed by atoms with E-state index in [0.29, 0.717) is 6.42 Å². The molecule has 144 valence electrons. The van der Waals surface area contributed by atoms with Crippen molar-refractivity contribution in [2.24, 2.45) is 0 Å². The number of ether oxygens (including phenoxy) is 1. The van der Waals surface area contributed by atoms with Crippen LogP contribution in [-0.2, 0) is 11.2 Å². The van der Waals surface area contributed by atoms with Gasteiger partial charge >= 0.3 is 0 Å². The monoisotopic (exact) mass is 374 g/mol. The van der Waals surface area contributed by atoms with Crippen molar-refractivity contribution in [3.8, 4) is 16.9 Å². The highest BCUT2D eigenvalue weighted by atomic mass is 16.5. The third-order valence-electron chi connectivity index (χ3n) is 4.45. The molecule has 0 bridgehead atoms. The van der Waals surface area contributed by atoms with E-state index >= 15 is 0 Å². The van der Waals surface area contributed by atoms with Crippen molar-refractivity contribution in [2.45, 2.75) is 33.1 Å². The molecule has 28 heavy (non-hydrogen) atoms. The van der Waals surface area contributed by atoms with Gasteiger partial charge in [0.05, 0.1) is 13.0 Å².